The Morgan fingerprint density at radius 2 is 1.97 bits per heavy atom. The molecule has 1 aromatic heterocycles. The lowest BCUT2D eigenvalue weighted by Crippen LogP contribution is -2.54. The van der Waals surface area contributed by atoms with Gasteiger partial charge >= 0.3 is 0 Å². The van der Waals surface area contributed by atoms with Gasteiger partial charge in [-0.25, -0.2) is 9.97 Å². The summed E-state index contributed by atoms with van der Waals surface area (Å²) in [7, 11) is 0. The van der Waals surface area contributed by atoms with Gasteiger partial charge in [0, 0.05) is 43.3 Å². The summed E-state index contributed by atoms with van der Waals surface area (Å²) < 4.78 is 0. The zero-order valence-corrected chi connectivity index (χ0v) is 18.3. The lowest BCUT2D eigenvalue weighted by atomic mass is 10.1. The molecule has 1 unspecified atom stereocenters. The summed E-state index contributed by atoms with van der Waals surface area (Å²) in [5.74, 6) is 1.03. The third-order valence-corrected chi connectivity index (χ3v) is 6.21. The lowest BCUT2D eigenvalue weighted by Gasteiger charge is -2.40. The number of carbonyl (C=O) groups is 2. The molecule has 0 spiro atoms. The lowest BCUT2D eigenvalue weighted by molar-refractivity contribution is -0.118. The SMILES string of the molecule is CC1CN(c2cc(Cl)nc(SCC(=O)NC3CC3)n2)CCN1C(=O)c1ccccc1. The van der Waals surface area contributed by atoms with Crippen molar-refractivity contribution in [2.45, 2.75) is 37.0 Å². The number of hydrogen-bond donors (Lipinski definition) is 1. The van der Waals surface area contributed by atoms with E-state index in [1.54, 1.807) is 6.07 Å². The first-order valence-electron chi connectivity index (χ1n) is 10.1. The number of carbonyl (C=O) groups excluding carboxylic acids is 2. The Morgan fingerprint density at radius 1 is 1.20 bits per heavy atom. The Hall–Kier alpha value is -2.32. The second-order valence-corrected chi connectivity index (χ2v) is 8.95. The number of halogens is 1. The summed E-state index contributed by atoms with van der Waals surface area (Å²) in [5, 5.41) is 3.79. The summed E-state index contributed by atoms with van der Waals surface area (Å²) in [5.41, 5.74) is 0.700. The fourth-order valence-electron chi connectivity index (χ4n) is 3.45. The first-order valence-corrected chi connectivity index (χ1v) is 11.4. The van der Waals surface area contributed by atoms with Crippen molar-refractivity contribution in [2.75, 3.05) is 30.3 Å². The van der Waals surface area contributed by atoms with Gasteiger partial charge in [0.25, 0.3) is 5.91 Å². The van der Waals surface area contributed by atoms with Crippen LogP contribution >= 0.6 is 23.4 Å². The van der Waals surface area contributed by atoms with Crippen LogP contribution in [-0.2, 0) is 4.79 Å². The van der Waals surface area contributed by atoms with E-state index < -0.39 is 0 Å². The molecule has 2 aliphatic rings. The Morgan fingerprint density at radius 3 is 2.67 bits per heavy atom. The number of thioether (sulfide) groups is 1. The number of piperazine rings is 1. The van der Waals surface area contributed by atoms with Crippen LogP contribution in [0.2, 0.25) is 5.15 Å². The van der Waals surface area contributed by atoms with Gasteiger partial charge in [0.1, 0.15) is 11.0 Å². The number of benzene rings is 1. The van der Waals surface area contributed by atoms with Gasteiger partial charge < -0.3 is 15.1 Å². The molecule has 7 nitrogen and oxygen atoms in total. The van der Waals surface area contributed by atoms with Crippen LogP contribution < -0.4 is 10.2 Å². The Bertz CT molecular complexity index is 925. The van der Waals surface area contributed by atoms with Crippen LogP contribution in [0, 0.1) is 0 Å². The van der Waals surface area contributed by atoms with Crippen LogP contribution in [-0.4, -0.2) is 64.2 Å². The minimum Gasteiger partial charge on any atom is -0.353 e. The third-order valence-electron chi connectivity index (χ3n) is 5.17. The molecule has 1 N–H and O–H groups in total. The topological polar surface area (TPSA) is 78.4 Å². The highest BCUT2D eigenvalue weighted by Gasteiger charge is 2.29. The molecule has 1 aliphatic heterocycles. The van der Waals surface area contributed by atoms with Crippen LogP contribution in [0.3, 0.4) is 0 Å². The van der Waals surface area contributed by atoms with Gasteiger partial charge in [0.15, 0.2) is 5.16 Å². The number of nitrogens with one attached hydrogen (secondary N) is 1. The van der Waals surface area contributed by atoms with E-state index in [2.05, 4.69) is 20.2 Å². The van der Waals surface area contributed by atoms with Crippen molar-refractivity contribution >= 4 is 41.0 Å². The van der Waals surface area contributed by atoms with Crippen LogP contribution in [0.4, 0.5) is 5.82 Å². The van der Waals surface area contributed by atoms with Crippen LogP contribution in [0.1, 0.15) is 30.1 Å². The van der Waals surface area contributed by atoms with Gasteiger partial charge in [-0.1, -0.05) is 41.6 Å². The van der Waals surface area contributed by atoms with Gasteiger partial charge in [-0.15, -0.1) is 0 Å². The van der Waals surface area contributed by atoms with E-state index in [0.717, 1.165) is 18.7 Å². The summed E-state index contributed by atoms with van der Waals surface area (Å²) in [4.78, 5) is 37.6. The van der Waals surface area contributed by atoms with Crippen molar-refractivity contribution in [3.63, 3.8) is 0 Å². The Balaban J connectivity index is 1.39. The maximum absolute atomic E-state index is 12.8. The average molecular weight is 446 g/mol. The smallest absolute Gasteiger partial charge is 0.254 e. The molecule has 1 saturated heterocycles. The highest BCUT2D eigenvalue weighted by molar-refractivity contribution is 7.99. The fourth-order valence-corrected chi connectivity index (χ4v) is 4.35. The average Bonchev–Trinajstić information content (AvgIpc) is 3.56. The number of hydrogen-bond acceptors (Lipinski definition) is 6. The molecule has 0 bridgehead atoms. The van der Waals surface area contributed by atoms with Crippen LogP contribution in [0.5, 0.6) is 0 Å². The molecule has 4 rings (SSSR count). The highest BCUT2D eigenvalue weighted by atomic mass is 35.5. The fraction of sp³-hybridized carbons (Fsp3) is 0.429. The summed E-state index contributed by atoms with van der Waals surface area (Å²) in [6.45, 7) is 3.94. The molecule has 2 fully saturated rings. The molecule has 1 atom stereocenters. The first kappa shape index (κ1) is 20.9. The van der Waals surface area contributed by atoms with Crippen molar-refractivity contribution in [3.05, 3.63) is 47.1 Å². The molecule has 2 heterocycles. The molecule has 9 heteroatoms. The summed E-state index contributed by atoms with van der Waals surface area (Å²) >= 11 is 7.50. The largest absolute Gasteiger partial charge is 0.353 e. The molecular formula is C21H24ClN5O2S. The molecule has 158 valence electrons. The van der Waals surface area contributed by atoms with E-state index in [1.807, 2.05) is 42.2 Å². The van der Waals surface area contributed by atoms with E-state index in [-0.39, 0.29) is 23.6 Å². The highest BCUT2D eigenvalue weighted by Crippen LogP contribution is 2.25. The zero-order valence-electron chi connectivity index (χ0n) is 16.8. The predicted molar refractivity (Wildman–Crippen MR) is 118 cm³/mol. The third kappa shape index (κ3) is 5.23. The minimum atomic E-state index is -0.00529. The van der Waals surface area contributed by atoms with E-state index in [0.29, 0.717) is 41.5 Å². The molecule has 1 saturated carbocycles. The van der Waals surface area contributed by atoms with Gasteiger partial charge in [0.2, 0.25) is 5.91 Å². The van der Waals surface area contributed by atoms with Gasteiger partial charge in [0.05, 0.1) is 5.75 Å². The first-order chi connectivity index (χ1) is 14.5. The van der Waals surface area contributed by atoms with E-state index in [4.69, 9.17) is 11.6 Å². The number of anilines is 1. The molecular weight excluding hydrogens is 422 g/mol. The number of amides is 2. The second-order valence-electron chi connectivity index (χ2n) is 7.62. The molecule has 2 aromatic rings. The van der Waals surface area contributed by atoms with Gasteiger partial charge in [-0.3, -0.25) is 9.59 Å². The van der Waals surface area contributed by atoms with Crippen molar-refractivity contribution in [3.8, 4) is 0 Å². The van der Waals surface area contributed by atoms with Crippen LogP contribution in [0.15, 0.2) is 41.6 Å². The summed E-state index contributed by atoms with van der Waals surface area (Å²) in [6.07, 6.45) is 2.12. The normalized spacial score (nSPS) is 18.9. The van der Waals surface area contributed by atoms with E-state index >= 15 is 0 Å². The quantitative estimate of drug-likeness (QED) is 0.418. The van der Waals surface area contributed by atoms with Crippen LogP contribution in [0.25, 0.3) is 0 Å². The zero-order chi connectivity index (χ0) is 21.1. The molecule has 0 radical (unpaired) electrons. The molecule has 1 aromatic carbocycles. The maximum Gasteiger partial charge on any atom is 0.254 e. The second kappa shape index (κ2) is 9.22. The minimum absolute atomic E-state index is 0.00529. The number of aromatic nitrogens is 2. The molecule has 30 heavy (non-hydrogen) atoms. The maximum atomic E-state index is 12.8. The van der Waals surface area contributed by atoms with E-state index in [9.17, 15) is 9.59 Å². The predicted octanol–water partition coefficient (Wildman–Crippen LogP) is 2.85. The standard InChI is InChI=1S/C21H24ClN5O2S/c1-14-12-26(9-10-27(14)20(29)15-5-3-2-4-6-15)18-11-17(22)24-21(25-18)30-13-19(28)23-16-7-8-16/h2-6,11,14,16H,7-10,12-13H2,1H3,(H,23,28). The van der Waals surface area contributed by atoms with Crippen molar-refractivity contribution in [1.29, 1.82) is 0 Å². The Kier molecular flexibility index (Phi) is 6.43. The van der Waals surface area contributed by atoms with Gasteiger partial charge in [-0.05, 0) is 31.9 Å². The van der Waals surface area contributed by atoms with Crippen molar-refractivity contribution < 1.29 is 9.59 Å². The molecule has 2 amide bonds. The Labute approximate surface area is 185 Å². The number of rotatable bonds is 6. The number of nitrogens with zero attached hydrogens (tertiary/aromatic N) is 4. The molecule has 1 aliphatic carbocycles. The van der Waals surface area contributed by atoms with Gasteiger partial charge in [-0.2, -0.15) is 0 Å². The van der Waals surface area contributed by atoms with E-state index in [1.165, 1.54) is 11.8 Å². The monoisotopic (exact) mass is 445 g/mol. The van der Waals surface area contributed by atoms with Crippen molar-refractivity contribution in [2.24, 2.45) is 0 Å². The summed E-state index contributed by atoms with van der Waals surface area (Å²) in [6, 6.07) is 11.4. The van der Waals surface area contributed by atoms with Crippen molar-refractivity contribution in [1.82, 2.24) is 20.2 Å².